The first-order valence-electron chi connectivity index (χ1n) is 5.86. The normalized spacial score (nSPS) is 11.4. The zero-order valence-corrected chi connectivity index (χ0v) is 11.2. The minimum absolute atomic E-state index is 0.00320. The van der Waals surface area contributed by atoms with Crippen molar-refractivity contribution in [2.24, 2.45) is 10.9 Å². The largest absolute Gasteiger partial charge is 0.409 e. The molecule has 2 aromatic rings. The first kappa shape index (κ1) is 14.1. The average Bonchev–Trinajstić information content (AvgIpc) is 2.45. The number of benzene rings is 2. The van der Waals surface area contributed by atoms with Crippen LogP contribution in [0.3, 0.4) is 0 Å². The fourth-order valence-electron chi connectivity index (χ4n) is 1.70. The van der Waals surface area contributed by atoms with Crippen molar-refractivity contribution in [1.29, 1.82) is 0 Å². The van der Waals surface area contributed by atoms with Gasteiger partial charge in [0.2, 0.25) is 0 Å². The number of nitrogens with zero attached hydrogens (tertiary/aromatic N) is 1. The standard InChI is InChI=1S/C14H13ClFN3O/c15-13-6-9(14(17)19-20)4-5-10(13)8-18-12-3-1-2-11(16)7-12/h1-7,18,20H,8H2,(H2,17,19). The molecule has 104 valence electrons. The highest BCUT2D eigenvalue weighted by molar-refractivity contribution is 6.31. The van der Waals surface area contributed by atoms with Gasteiger partial charge in [-0.15, -0.1) is 0 Å². The van der Waals surface area contributed by atoms with Gasteiger partial charge in [-0.2, -0.15) is 0 Å². The smallest absolute Gasteiger partial charge is 0.170 e. The zero-order valence-electron chi connectivity index (χ0n) is 10.5. The Kier molecular flexibility index (Phi) is 4.42. The molecule has 0 saturated carbocycles. The average molecular weight is 294 g/mol. The van der Waals surface area contributed by atoms with E-state index in [-0.39, 0.29) is 11.7 Å². The van der Waals surface area contributed by atoms with Gasteiger partial charge < -0.3 is 16.3 Å². The molecular formula is C14H13ClFN3O. The summed E-state index contributed by atoms with van der Waals surface area (Å²) in [7, 11) is 0. The maximum Gasteiger partial charge on any atom is 0.170 e. The molecule has 6 heteroatoms. The summed E-state index contributed by atoms with van der Waals surface area (Å²) in [5.74, 6) is -0.306. The Bertz CT molecular complexity index is 646. The second-order valence-corrected chi connectivity index (χ2v) is 4.56. The second kappa shape index (κ2) is 6.25. The zero-order chi connectivity index (χ0) is 14.5. The number of nitrogens with two attached hydrogens (primary N) is 1. The third-order valence-corrected chi connectivity index (χ3v) is 3.12. The lowest BCUT2D eigenvalue weighted by molar-refractivity contribution is 0.318. The fraction of sp³-hybridized carbons (Fsp3) is 0.0714. The summed E-state index contributed by atoms with van der Waals surface area (Å²) in [5, 5.41) is 15.1. The Balaban J connectivity index is 2.11. The van der Waals surface area contributed by atoms with Crippen LogP contribution in [-0.4, -0.2) is 11.0 Å². The topological polar surface area (TPSA) is 70.6 Å². The Hall–Kier alpha value is -2.27. The lowest BCUT2D eigenvalue weighted by Crippen LogP contribution is -2.13. The van der Waals surface area contributed by atoms with E-state index in [9.17, 15) is 4.39 Å². The number of rotatable bonds is 4. The third kappa shape index (κ3) is 3.39. The van der Waals surface area contributed by atoms with Crippen LogP contribution in [0.4, 0.5) is 10.1 Å². The summed E-state index contributed by atoms with van der Waals surface area (Å²) >= 11 is 6.12. The van der Waals surface area contributed by atoms with Crippen LogP contribution in [0.2, 0.25) is 5.02 Å². The molecule has 0 aliphatic heterocycles. The highest BCUT2D eigenvalue weighted by atomic mass is 35.5. The van der Waals surface area contributed by atoms with Crippen LogP contribution in [0.5, 0.6) is 0 Å². The van der Waals surface area contributed by atoms with Crippen molar-refractivity contribution in [1.82, 2.24) is 0 Å². The summed E-state index contributed by atoms with van der Waals surface area (Å²) in [6, 6.07) is 11.2. The number of hydrogen-bond donors (Lipinski definition) is 3. The van der Waals surface area contributed by atoms with Gasteiger partial charge in [0.15, 0.2) is 5.84 Å². The molecule has 2 aromatic carbocycles. The molecule has 0 saturated heterocycles. The van der Waals surface area contributed by atoms with E-state index in [1.165, 1.54) is 12.1 Å². The van der Waals surface area contributed by atoms with Crippen LogP contribution in [0.25, 0.3) is 0 Å². The van der Waals surface area contributed by atoms with Crippen molar-refractivity contribution in [3.63, 3.8) is 0 Å². The molecule has 0 heterocycles. The lowest BCUT2D eigenvalue weighted by atomic mass is 10.1. The minimum atomic E-state index is -0.302. The molecule has 20 heavy (non-hydrogen) atoms. The summed E-state index contributed by atoms with van der Waals surface area (Å²) < 4.78 is 13.0. The molecule has 0 amide bonds. The number of amidine groups is 1. The molecule has 0 bridgehead atoms. The number of hydrogen-bond acceptors (Lipinski definition) is 3. The van der Waals surface area contributed by atoms with Gasteiger partial charge in [-0.1, -0.05) is 35.0 Å². The molecular weight excluding hydrogens is 281 g/mol. The maximum atomic E-state index is 13.0. The molecule has 2 rings (SSSR count). The first-order valence-corrected chi connectivity index (χ1v) is 6.23. The summed E-state index contributed by atoms with van der Waals surface area (Å²) in [4.78, 5) is 0. The van der Waals surface area contributed by atoms with Gasteiger partial charge in [-0.05, 0) is 29.8 Å². The predicted molar refractivity (Wildman–Crippen MR) is 77.7 cm³/mol. The molecule has 4 nitrogen and oxygen atoms in total. The van der Waals surface area contributed by atoms with Crippen molar-refractivity contribution < 1.29 is 9.60 Å². The quantitative estimate of drug-likeness (QED) is 0.351. The molecule has 0 unspecified atom stereocenters. The van der Waals surface area contributed by atoms with Crippen LogP contribution >= 0.6 is 11.6 Å². The van der Waals surface area contributed by atoms with Crippen LogP contribution < -0.4 is 11.1 Å². The predicted octanol–water partition coefficient (Wildman–Crippen LogP) is 3.19. The lowest BCUT2D eigenvalue weighted by Gasteiger charge is -2.09. The fourth-order valence-corrected chi connectivity index (χ4v) is 1.95. The van der Waals surface area contributed by atoms with Crippen LogP contribution in [-0.2, 0) is 6.54 Å². The van der Waals surface area contributed by atoms with Crippen molar-refractivity contribution in [3.05, 3.63) is 64.4 Å². The first-order chi connectivity index (χ1) is 9.60. The third-order valence-electron chi connectivity index (χ3n) is 2.76. The van der Waals surface area contributed by atoms with Gasteiger partial charge in [0.1, 0.15) is 5.82 Å². The Labute approximate surface area is 120 Å². The SMILES string of the molecule is N/C(=N/O)c1ccc(CNc2cccc(F)c2)c(Cl)c1. The van der Waals surface area contributed by atoms with Gasteiger partial charge in [-0.25, -0.2) is 4.39 Å². The second-order valence-electron chi connectivity index (χ2n) is 4.16. The maximum absolute atomic E-state index is 13.0. The Morgan fingerprint density at radius 3 is 2.75 bits per heavy atom. The van der Waals surface area contributed by atoms with E-state index in [0.29, 0.717) is 22.8 Å². The van der Waals surface area contributed by atoms with E-state index in [1.54, 1.807) is 30.3 Å². The number of halogens is 2. The van der Waals surface area contributed by atoms with Gasteiger partial charge in [-0.3, -0.25) is 0 Å². The summed E-state index contributed by atoms with van der Waals surface area (Å²) in [5.41, 5.74) is 7.51. The van der Waals surface area contributed by atoms with Gasteiger partial charge in [0.05, 0.1) is 0 Å². The van der Waals surface area contributed by atoms with Crippen molar-refractivity contribution in [2.45, 2.75) is 6.54 Å². The molecule has 0 aliphatic carbocycles. The summed E-state index contributed by atoms with van der Waals surface area (Å²) in [6.45, 7) is 0.443. The van der Waals surface area contributed by atoms with Gasteiger partial charge >= 0.3 is 0 Å². The van der Waals surface area contributed by atoms with E-state index >= 15 is 0 Å². The van der Waals surface area contributed by atoms with E-state index in [2.05, 4.69) is 10.5 Å². The molecule has 4 N–H and O–H groups in total. The molecule has 0 fully saturated rings. The van der Waals surface area contributed by atoms with E-state index in [1.807, 2.05) is 0 Å². The van der Waals surface area contributed by atoms with E-state index < -0.39 is 0 Å². The molecule has 0 atom stereocenters. The number of oxime groups is 1. The monoisotopic (exact) mass is 293 g/mol. The van der Waals surface area contributed by atoms with Crippen molar-refractivity contribution in [3.8, 4) is 0 Å². The van der Waals surface area contributed by atoms with E-state index in [4.69, 9.17) is 22.5 Å². The molecule has 0 aromatic heterocycles. The molecule has 0 aliphatic rings. The highest BCUT2D eigenvalue weighted by Crippen LogP contribution is 2.19. The van der Waals surface area contributed by atoms with Gasteiger partial charge in [0, 0.05) is 22.8 Å². The van der Waals surface area contributed by atoms with Crippen LogP contribution in [0.15, 0.2) is 47.6 Å². The molecule has 0 radical (unpaired) electrons. The van der Waals surface area contributed by atoms with Crippen molar-refractivity contribution >= 4 is 23.1 Å². The van der Waals surface area contributed by atoms with Crippen LogP contribution in [0, 0.1) is 5.82 Å². The number of anilines is 1. The molecule has 0 spiro atoms. The van der Waals surface area contributed by atoms with Crippen LogP contribution in [0.1, 0.15) is 11.1 Å². The highest BCUT2D eigenvalue weighted by Gasteiger charge is 2.05. The summed E-state index contributed by atoms with van der Waals surface area (Å²) in [6.07, 6.45) is 0. The number of nitrogens with one attached hydrogen (secondary N) is 1. The Morgan fingerprint density at radius 2 is 2.10 bits per heavy atom. The van der Waals surface area contributed by atoms with Gasteiger partial charge in [0.25, 0.3) is 0 Å². The van der Waals surface area contributed by atoms with Crippen molar-refractivity contribution in [2.75, 3.05) is 5.32 Å². The van der Waals surface area contributed by atoms with E-state index in [0.717, 1.165) is 5.56 Å². The Morgan fingerprint density at radius 1 is 1.30 bits per heavy atom. The minimum Gasteiger partial charge on any atom is -0.409 e.